The molecule has 150 valence electrons. The van der Waals surface area contributed by atoms with Gasteiger partial charge in [-0.3, -0.25) is 14.9 Å². The van der Waals surface area contributed by atoms with Crippen LogP contribution in [0.1, 0.15) is 30.6 Å². The van der Waals surface area contributed by atoms with Crippen molar-refractivity contribution >= 4 is 22.7 Å². The number of hydrazine groups is 1. The Kier molecular flexibility index (Phi) is 6.18. The minimum Gasteiger partial charge on any atom is -0.461 e. The first-order chi connectivity index (χ1) is 13.4. The molecule has 1 aromatic heterocycles. The Morgan fingerprint density at radius 1 is 1.36 bits per heavy atom. The minimum atomic E-state index is -0.691. The Balaban J connectivity index is 1.77. The molecule has 2 aromatic rings. The van der Waals surface area contributed by atoms with Gasteiger partial charge in [0.05, 0.1) is 23.9 Å². The number of aromatic nitrogens is 2. The fourth-order valence-electron chi connectivity index (χ4n) is 3.19. The average molecular weight is 407 g/mol. The number of nitrogens with one attached hydrogen (secondary N) is 3. The first kappa shape index (κ1) is 20.1. The number of esters is 1. The standard InChI is InChI=1S/C18H23ClN6O3/c1-4-28-18(27)16(19)23-22-14-10-13(20-21-14)15-11(2)24(3)25(17(15)26)12-8-6-5-7-9-12/h5-9,13-14,20-22H,4,10H2,1-3H3/b23-16+. The summed E-state index contributed by atoms with van der Waals surface area (Å²) in [7, 11) is 1.86. The summed E-state index contributed by atoms with van der Waals surface area (Å²) < 4.78 is 8.25. The quantitative estimate of drug-likeness (QED) is 0.376. The van der Waals surface area contributed by atoms with Crippen LogP contribution in [0.2, 0.25) is 0 Å². The van der Waals surface area contributed by atoms with E-state index in [1.807, 2.05) is 49.0 Å². The van der Waals surface area contributed by atoms with E-state index in [1.165, 1.54) is 0 Å². The molecule has 2 unspecified atom stereocenters. The molecular weight excluding hydrogens is 384 g/mol. The molecule has 0 bridgehead atoms. The van der Waals surface area contributed by atoms with E-state index in [4.69, 9.17) is 16.3 Å². The topological polar surface area (TPSA) is 102 Å². The summed E-state index contributed by atoms with van der Waals surface area (Å²) in [5, 5.41) is 3.55. The number of carbonyl (C=O) groups excluding carboxylic acids is 1. The van der Waals surface area contributed by atoms with Crippen LogP contribution in [0.25, 0.3) is 5.69 Å². The lowest BCUT2D eigenvalue weighted by Crippen LogP contribution is -2.39. The highest BCUT2D eigenvalue weighted by molar-refractivity contribution is 6.81. The van der Waals surface area contributed by atoms with Gasteiger partial charge < -0.3 is 4.74 Å². The van der Waals surface area contributed by atoms with Crippen LogP contribution < -0.4 is 21.8 Å². The summed E-state index contributed by atoms with van der Waals surface area (Å²) in [6, 6.07) is 9.25. The number of rotatable bonds is 6. The normalized spacial score (nSPS) is 19.6. The second kappa shape index (κ2) is 8.59. The second-order valence-corrected chi connectivity index (χ2v) is 6.71. The van der Waals surface area contributed by atoms with Crippen LogP contribution in [-0.2, 0) is 16.6 Å². The van der Waals surface area contributed by atoms with Crippen LogP contribution in [0.3, 0.4) is 0 Å². The Hall–Kier alpha value is -2.62. The molecule has 1 aliphatic rings. The summed E-state index contributed by atoms with van der Waals surface area (Å²) in [6.07, 6.45) is 0.225. The highest BCUT2D eigenvalue weighted by Gasteiger charge is 2.31. The first-order valence-electron chi connectivity index (χ1n) is 8.94. The van der Waals surface area contributed by atoms with Crippen molar-refractivity contribution in [2.45, 2.75) is 32.5 Å². The first-order valence-corrected chi connectivity index (χ1v) is 9.32. The van der Waals surface area contributed by atoms with Crippen molar-refractivity contribution in [1.29, 1.82) is 0 Å². The number of hydrogen-bond donors (Lipinski definition) is 3. The maximum Gasteiger partial charge on any atom is 0.370 e. The van der Waals surface area contributed by atoms with Crippen LogP contribution in [0.4, 0.5) is 0 Å². The summed E-state index contributed by atoms with van der Waals surface area (Å²) in [5.41, 5.74) is 11.2. The van der Waals surface area contributed by atoms with Gasteiger partial charge in [0.25, 0.3) is 5.56 Å². The predicted octanol–water partition coefficient (Wildman–Crippen LogP) is 1.05. The lowest BCUT2D eigenvalue weighted by atomic mass is 10.1. The van der Waals surface area contributed by atoms with Gasteiger partial charge in [0.1, 0.15) is 6.17 Å². The van der Waals surface area contributed by atoms with Gasteiger partial charge in [-0.25, -0.2) is 20.3 Å². The minimum absolute atomic E-state index is 0.0841. The van der Waals surface area contributed by atoms with Crippen LogP contribution in [0.5, 0.6) is 0 Å². The van der Waals surface area contributed by atoms with E-state index in [0.29, 0.717) is 12.0 Å². The van der Waals surface area contributed by atoms with E-state index < -0.39 is 5.97 Å². The number of benzene rings is 1. The number of ether oxygens (including phenoxy) is 1. The molecule has 0 radical (unpaired) electrons. The van der Waals surface area contributed by atoms with Crippen molar-refractivity contribution in [1.82, 2.24) is 25.6 Å². The van der Waals surface area contributed by atoms with Gasteiger partial charge >= 0.3 is 5.97 Å². The maximum absolute atomic E-state index is 13.1. The number of para-hydroxylation sites is 1. The molecular formula is C18H23ClN6O3. The van der Waals surface area contributed by atoms with Crippen molar-refractivity contribution in [3.05, 3.63) is 51.9 Å². The Bertz CT molecular complexity index is 937. The zero-order chi connectivity index (χ0) is 20.3. The lowest BCUT2D eigenvalue weighted by Gasteiger charge is -2.09. The highest BCUT2D eigenvalue weighted by Crippen LogP contribution is 2.23. The van der Waals surface area contributed by atoms with E-state index in [2.05, 4.69) is 21.4 Å². The summed E-state index contributed by atoms with van der Waals surface area (Å²) >= 11 is 5.79. The third-order valence-electron chi connectivity index (χ3n) is 4.61. The molecule has 0 spiro atoms. The van der Waals surface area contributed by atoms with Gasteiger partial charge in [-0.05, 0) is 26.0 Å². The monoisotopic (exact) mass is 406 g/mol. The van der Waals surface area contributed by atoms with Crippen LogP contribution in [0.15, 0.2) is 40.2 Å². The zero-order valence-electron chi connectivity index (χ0n) is 15.9. The highest BCUT2D eigenvalue weighted by atomic mass is 35.5. The van der Waals surface area contributed by atoms with Crippen molar-refractivity contribution < 1.29 is 9.53 Å². The third-order valence-corrected chi connectivity index (χ3v) is 4.85. The Morgan fingerprint density at radius 2 is 2.07 bits per heavy atom. The Labute approximate surface area is 167 Å². The third kappa shape index (κ3) is 3.96. The fraction of sp³-hybridized carbons (Fsp3) is 0.389. The van der Waals surface area contributed by atoms with Gasteiger partial charge in [0, 0.05) is 19.2 Å². The predicted molar refractivity (Wildman–Crippen MR) is 106 cm³/mol. The van der Waals surface area contributed by atoms with Crippen molar-refractivity contribution in [3.63, 3.8) is 0 Å². The van der Waals surface area contributed by atoms with Gasteiger partial charge in [-0.1, -0.05) is 29.8 Å². The van der Waals surface area contributed by atoms with Crippen LogP contribution >= 0.6 is 11.6 Å². The molecule has 3 N–H and O–H groups in total. The zero-order valence-corrected chi connectivity index (χ0v) is 16.7. The molecule has 0 aliphatic carbocycles. The largest absolute Gasteiger partial charge is 0.461 e. The molecule has 0 amide bonds. The van der Waals surface area contributed by atoms with Crippen molar-refractivity contribution in [2.24, 2.45) is 12.1 Å². The number of halogens is 1. The smallest absolute Gasteiger partial charge is 0.370 e. The van der Waals surface area contributed by atoms with E-state index in [-0.39, 0.29) is 29.5 Å². The maximum atomic E-state index is 13.1. The number of hydrogen-bond acceptors (Lipinski definition) is 7. The molecule has 2 heterocycles. The molecule has 1 aliphatic heterocycles. The van der Waals surface area contributed by atoms with E-state index >= 15 is 0 Å². The molecule has 1 saturated heterocycles. The van der Waals surface area contributed by atoms with E-state index in [1.54, 1.807) is 11.6 Å². The molecule has 10 heteroatoms. The SMILES string of the molecule is CCOC(=O)/C(Cl)=N\NC1CC(c2c(C)n(C)n(-c3ccccc3)c2=O)NN1. The van der Waals surface area contributed by atoms with Gasteiger partial charge in [-0.15, -0.1) is 0 Å². The summed E-state index contributed by atoms with van der Waals surface area (Å²) in [6.45, 7) is 3.82. The molecule has 1 fully saturated rings. The van der Waals surface area contributed by atoms with Gasteiger partial charge in [-0.2, -0.15) is 5.10 Å². The second-order valence-electron chi connectivity index (χ2n) is 6.36. The van der Waals surface area contributed by atoms with Crippen LogP contribution in [-0.4, -0.2) is 33.3 Å². The van der Waals surface area contributed by atoms with Gasteiger partial charge in [0.15, 0.2) is 0 Å². The molecule has 2 atom stereocenters. The molecule has 9 nitrogen and oxygen atoms in total. The van der Waals surface area contributed by atoms with E-state index in [0.717, 1.165) is 11.4 Å². The number of nitrogens with zero attached hydrogens (tertiary/aromatic N) is 3. The van der Waals surface area contributed by atoms with Crippen molar-refractivity contribution in [2.75, 3.05) is 6.61 Å². The van der Waals surface area contributed by atoms with Gasteiger partial charge in [0.2, 0.25) is 5.17 Å². The number of carbonyl (C=O) groups is 1. The molecule has 0 saturated carbocycles. The Morgan fingerprint density at radius 3 is 2.75 bits per heavy atom. The number of hydrazone groups is 1. The fourth-order valence-corrected chi connectivity index (χ4v) is 3.29. The molecule has 1 aromatic carbocycles. The summed E-state index contributed by atoms with van der Waals surface area (Å²) in [5.74, 6) is -0.691. The van der Waals surface area contributed by atoms with Crippen molar-refractivity contribution in [3.8, 4) is 5.69 Å². The average Bonchev–Trinajstić information content (AvgIpc) is 3.23. The van der Waals surface area contributed by atoms with Crippen LogP contribution in [0, 0.1) is 6.92 Å². The van der Waals surface area contributed by atoms with E-state index in [9.17, 15) is 9.59 Å². The molecule has 3 rings (SSSR count). The molecule has 28 heavy (non-hydrogen) atoms. The summed E-state index contributed by atoms with van der Waals surface area (Å²) in [4.78, 5) is 24.6. The lowest BCUT2D eigenvalue weighted by molar-refractivity contribution is -0.134.